The lowest BCUT2D eigenvalue weighted by Crippen LogP contribution is -2.49. The Morgan fingerprint density at radius 1 is 1.21 bits per heavy atom. The van der Waals surface area contributed by atoms with E-state index >= 15 is 0 Å². The van der Waals surface area contributed by atoms with Gasteiger partial charge in [-0.2, -0.15) is 0 Å². The first-order valence-corrected chi connectivity index (χ1v) is 9.39. The number of urea groups is 1. The van der Waals surface area contributed by atoms with Crippen LogP contribution in [-0.4, -0.2) is 41.7 Å². The van der Waals surface area contributed by atoms with E-state index in [1.165, 1.54) is 9.80 Å². The van der Waals surface area contributed by atoms with Gasteiger partial charge in [0.1, 0.15) is 6.54 Å². The molecule has 0 bridgehead atoms. The number of carbonyl (C=O) groups excluding carboxylic acids is 2. The largest absolute Gasteiger partial charge is 0.350 e. The van der Waals surface area contributed by atoms with E-state index in [4.69, 9.17) is 0 Å². The van der Waals surface area contributed by atoms with Crippen LogP contribution in [0.25, 0.3) is 0 Å². The van der Waals surface area contributed by atoms with Crippen LogP contribution in [0, 0.1) is 0 Å². The van der Waals surface area contributed by atoms with Gasteiger partial charge >= 0.3 is 6.03 Å². The van der Waals surface area contributed by atoms with Gasteiger partial charge in [0.25, 0.3) is 0 Å². The first kappa shape index (κ1) is 20.4. The highest BCUT2D eigenvalue weighted by Crippen LogP contribution is 2.19. The molecular formula is C18H29N3O2S. The maximum atomic E-state index is 12.4. The number of thioether (sulfide) groups is 1. The average molecular weight is 352 g/mol. The van der Waals surface area contributed by atoms with E-state index in [1.807, 2.05) is 65.1 Å². The zero-order valence-corrected chi connectivity index (χ0v) is 16.3. The topological polar surface area (TPSA) is 61.4 Å². The summed E-state index contributed by atoms with van der Waals surface area (Å²) in [7, 11) is 0. The van der Waals surface area contributed by atoms with E-state index in [0.29, 0.717) is 6.54 Å². The minimum atomic E-state index is -0.306. The van der Waals surface area contributed by atoms with Gasteiger partial charge in [-0.15, -0.1) is 11.8 Å². The van der Waals surface area contributed by atoms with Gasteiger partial charge in [-0.25, -0.2) is 4.79 Å². The van der Waals surface area contributed by atoms with Gasteiger partial charge < -0.3 is 15.5 Å². The Balaban J connectivity index is 2.63. The fourth-order valence-electron chi connectivity index (χ4n) is 2.21. The zero-order valence-electron chi connectivity index (χ0n) is 15.5. The number of nitrogens with one attached hydrogen (secondary N) is 2. The fourth-order valence-corrected chi connectivity index (χ4v) is 2.62. The van der Waals surface area contributed by atoms with E-state index in [2.05, 4.69) is 10.6 Å². The molecule has 6 heteroatoms. The quantitative estimate of drug-likeness (QED) is 0.772. The molecule has 5 nitrogen and oxygen atoms in total. The van der Waals surface area contributed by atoms with Crippen LogP contribution in [0.4, 0.5) is 4.79 Å². The van der Waals surface area contributed by atoms with Crippen molar-refractivity contribution in [1.29, 1.82) is 0 Å². The lowest BCUT2D eigenvalue weighted by molar-refractivity contribution is -0.123. The van der Waals surface area contributed by atoms with Gasteiger partial charge in [-0.05, 0) is 58.6 Å². The first-order valence-electron chi connectivity index (χ1n) is 8.16. The van der Waals surface area contributed by atoms with Crippen LogP contribution in [0.15, 0.2) is 29.2 Å². The summed E-state index contributed by atoms with van der Waals surface area (Å²) in [6.07, 6.45) is 2.03. The van der Waals surface area contributed by atoms with E-state index in [1.54, 1.807) is 11.8 Å². The normalized spacial score (nSPS) is 12.4. The molecule has 0 saturated carbocycles. The number of rotatable bonds is 6. The van der Waals surface area contributed by atoms with Crippen molar-refractivity contribution in [2.45, 2.75) is 51.1 Å². The lowest BCUT2D eigenvalue weighted by Gasteiger charge is -2.26. The van der Waals surface area contributed by atoms with Crippen molar-refractivity contribution in [1.82, 2.24) is 15.5 Å². The molecule has 0 heterocycles. The lowest BCUT2D eigenvalue weighted by atomic mass is 10.1. The minimum absolute atomic E-state index is 0.0533. The molecule has 134 valence electrons. The van der Waals surface area contributed by atoms with Crippen molar-refractivity contribution in [3.05, 3.63) is 29.8 Å². The van der Waals surface area contributed by atoms with Crippen LogP contribution in [0.5, 0.6) is 0 Å². The second kappa shape index (κ2) is 8.97. The van der Waals surface area contributed by atoms with Crippen LogP contribution < -0.4 is 10.6 Å². The summed E-state index contributed by atoms with van der Waals surface area (Å²) in [5.41, 5.74) is 0.732. The Morgan fingerprint density at radius 3 is 2.25 bits per heavy atom. The van der Waals surface area contributed by atoms with Crippen LogP contribution in [0.1, 0.15) is 46.2 Å². The van der Waals surface area contributed by atoms with Crippen LogP contribution in [0.3, 0.4) is 0 Å². The molecule has 0 saturated heterocycles. The van der Waals surface area contributed by atoms with Crippen LogP contribution >= 0.6 is 11.8 Å². The Kier molecular flexibility index (Phi) is 7.60. The second-order valence-corrected chi connectivity index (χ2v) is 7.64. The van der Waals surface area contributed by atoms with E-state index < -0.39 is 0 Å². The van der Waals surface area contributed by atoms with Gasteiger partial charge in [0.2, 0.25) is 5.91 Å². The maximum absolute atomic E-state index is 12.4. The molecule has 1 aromatic rings. The van der Waals surface area contributed by atoms with Gasteiger partial charge in [0, 0.05) is 17.0 Å². The molecule has 0 unspecified atom stereocenters. The van der Waals surface area contributed by atoms with Gasteiger partial charge in [0.05, 0.1) is 6.04 Å². The zero-order chi connectivity index (χ0) is 18.3. The summed E-state index contributed by atoms with van der Waals surface area (Å²) in [5, 5.41) is 5.83. The Hall–Kier alpha value is -1.69. The van der Waals surface area contributed by atoms with Crippen molar-refractivity contribution in [2.75, 3.05) is 19.3 Å². The molecule has 0 aliphatic carbocycles. The van der Waals surface area contributed by atoms with E-state index in [9.17, 15) is 9.59 Å². The predicted molar refractivity (Wildman–Crippen MR) is 100 cm³/mol. The second-order valence-electron chi connectivity index (χ2n) is 6.76. The highest BCUT2D eigenvalue weighted by Gasteiger charge is 2.20. The fraction of sp³-hybridized carbons (Fsp3) is 0.556. The number of carbonyl (C=O) groups is 2. The van der Waals surface area contributed by atoms with Gasteiger partial charge in [0.15, 0.2) is 0 Å². The average Bonchev–Trinajstić information content (AvgIpc) is 2.50. The van der Waals surface area contributed by atoms with Gasteiger partial charge in [-0.3, -0.25) is 4.79 Å². The van der Waals surface area contributed by atoms with E-state index in [-0.39, 0.29) is 30.1 Å². The Morgan fingerprint density at radius 2 is 1.79 bits per heavy atom. The first-order chi connectivity index (χ1) is 11.2. The SMILES string of the molecule is CCN(CC(=O)NC(C)(C)C)C(=O)N[C@H](C)c1ccc(SC)cc1. The standard InChI is InChI=1S/C18H29N3O2S/c1-7-21(12-16(22)20-18(3,4)5)17(23)19-13(2)14-8-10-15(24-6)11-9-14/h8-11,13H,7,12H2,1-6H3,(H,19,23)(H,20,22)/t13-/m1/s1. The Labute approximate surface area is 149 Å². The highest BCUT2D eigenvalue weighted by molar-refractivity contribution is 7.98. The molecule has 3 amide bonds. The highest BCUT2D eigenvalue weighted by atomic mass is 32.2. The number of amides is 3. The van der Waals surface area contributed by atoms with E-state index in [0.717, 1.165) is 5.56 Å². The molecular weight excluding hydrogens is 322 g/mol. The van der Waals surface area contributed by atoms with Crippen LogP contribution in [-0.2, 0) is 4.79 Å². The molecule has 0 radical (unpaired) electrons. The molecule has 0 aliphatic rings. The third-order valence-electron chi connectivity index (χ3n) is 3.47. The number of likely N-dealkylation sites (N-methyl/N-ethyl adjacent to an activating group) is 1. The number of hydrogen-bond donors (Lipinski definition) is 2. The molecule has 0 aliphatic heterocycles. The number of hydrogen-bond acceptors (Lipinski definition) is 3. The summed E-state index contributed by atoms with van der Waals surface area (Å²) in [5.74, 6) is -0.156. The predicted octanol–water partition coefficient (Wildman–Crippen LogP) is 3.42. The van der Waals surface area contributed by atoms with Crippen molar-refractivity contribution in [3.8, 4) is 0 Å². The third-order valence-corrected chi connectivity index (χ3v) is 4.22. The van der Waals surface area contributed by atoms with Crippen molar-refractivity contribution < 1.29 is 9.59 Å². The molecule has 1 aromatic carbocycles. The van der Waals surface area contributed by atoms with Crippen molar-refractivity contribution in [3.63, 3.8) is 0 Å². The van der Waals surface area contributed by atoms with Crippen molar-refractivity contribution in [2.24, 2.45) is 0 Å². The number of nitrogens with zero attached hydrogens (tertiary/aromatic N) is 1. The molecule has 1 rings (SSSR count). The molecule has 2 N–H and O–H groups in total. The van der Waals surface area contributed by atoms with Gasteiger partial charge in [-0.1, -0.05) is 12.1 Å². The maximum Gasteiger partial charge on any atom is 0.318 e. The molecule has 0 aromatic heterocycles. The third kappa shape index (κ3) is 6.83. The summed E-state index contributed by atoms with van der Waals surface area (Å²) in [4.78, 5) is 27.1. The minimum Gasteiger partial charge on any atom is -0.350 e. The molecule has 0 spiro atoms. The molecule has 1 atom stereocenters. The Bertz CT molecular complexity index is 552. The molecule has 24 heavy (non-hydrogen) atoms. The monoisotopic (exact) mass is 351 g/mol. The summed E-state index contributed by atoms with van der Waals surface area (Å²) >= 11 is 1.68. The number of benzene rings is 1. The summed E-state index contributed by atoms with van der Waals surface area (Å²) in [6.45, 7) is 10.1. The summed E-state index contributed by atoms with van der Waals surface area (Å²) < 4.78 is 0. The van der Waals surface area contributed by atoms with Crippen LogP contribution in [0.2, 0.25) is 0 Å². The summed E-state index contributed by atoms with van der Waals surface area (Å²) in [6, 6.07) is 7.75. The smallest absolute Gasteiger partial charge is 0.318 e. The van der Waals surface area contributed by atoms with Crippen molar-refractivity contribution >= 4 is 23.7 Å². The molecule has 0 fully saturated rings.